The van der Waals surface area contributed by atoms with E-state index in [9.17, 15) is 19.2 Å². The molecule has 6 rings (SSSR count). The van der Waals surface area contributed by atoms with Crippen molar-refractivity contribution in [3.8, 4) is 33.6 Å². The molecular formula is C44H47N9O6. The van der Waals surface area contributed by atoms with Crippen LogP contribution in [0.15, 0.2) is 110 Å². The van der Waals surface area contributed by atoms with Gasteiger partial charge in [0.2, 0.25) is 5.91 Å². The summed E-state index contributed by atoms with van der Waals surface area (Å²) in [5.41, 5.74) is 6.90. The van der Waals surface area contributed by atoms with Crippen LogP contribution in [0.5, 0.6) is 0 Å². The van der Waals surface area contributed by atoms with E-state index in [1.807, 2.05) is 32.0 Å². The fourth-order valence-electron chi connectivity index (χ4n) is 6.60. The first-order valence-corrected chi connectivity index (χ1v) is 19.0. The summed E-state index contributed by atoms with van der Waals surface area (Å²) < 4.78 is 9.36. The van der Waals surface area contributed by atoms with E-state index >= 15 is 0 Å². The smallest absolute Gasteiger partial charge is 0.407 e. The number of ether oxygens (including phenoxy) is 2. The van der Waals surface area contributed by atoms with Gasteiger partial charge in [0.25, 0.3) is 5.91 Å². The number of amides is 4. The summed E-state index contributed by atoms with van der Waals surface area (Å²) in [4.78, 5) is 73.4. The van der Waals surface area contributed by atoms with Crippen LogP contribution in [-0.2, 0) is 32.2 Å². The van der Waals surface area contributed by atoms with Crippen molar-refractivity contribution in [2.75, 3.05) is 33.9 Å². The van der Waals surface area contributed by atoms with Crippen LogP contribution in [0.4, 0.5) is 9.59 Å². The van der Waals surface area contributed by atoms with Gasteiger partial charge >= 0.3 is 12.2 Å². The number of imidazole rings is 2. The Bertz CT molecular complexity index is 2430. The molecule has 3 aromatic heterocycles. The number of nitrogens with one attached hydrogen (secondary N) is 4. The highest BCUT2D eigenvalue weighted by Gasteiger charge is 2.29. The number of hydrogen-bond acceptors (Lipinski definition) is 9. The fourth-order valence-corrected chi connectivity index (χ4v) is 6.60. The van der Waals surface area contributed by atoms with Crippen LogP contribution >= 0.6 is 0 Å². The number of nitrogens with zero attached hydrogens (tertiary/aromatic N) is 5. The van der Waals surface area contributed by atoms with Crippen molar-refractivity contribution in [1.29, 1.82) is 0 Å². The molecule has 0 saturated heterocycles. The van der Waals surface area contributed by atoms with E-state index in [2.05, 4.69) is 89.3 Å². The van der Waals surface area contributed by atoms with Gasteiger partial charge in [-0.05, 0) is 59.0 Å². The zero-order chi connectivity index (χ0) is 41.9. The van der Waals surface area contributed by atoms with Crippen LogP contribution in [0.1, 0.15) is 43.5 Å². The molecule has 0 radical (unpaired) electrons. The molecule has 0 fully saturated rings. The van der Waals surface area contributed by atoms with E-state index < -0.39 is 18.2 Å². The number of aromatic nitrogens is 5. The second kappa shape index (κ2) is 19.2. The molecule has 15 heteroatoms. The Morgan fingerprint density at radius 3 is 1.97 bits per heavy atom. The number of carbonyl (C=O) groups is 4. The number of methoxy groups -OCH3 is 2. The Morgan fingerprint density at radius 1 is 0.763 bits per heavy atom. The topological polar surface area (TPSA) is 188 Å². The van der Waals surface area contributed by atoms with Gasteiger partial charge in [-0.25, -0.2) is 19.6 Å². The number of hydrogen-bond donors (Lipinski definition) is 4. The lowest BCUT2D eigenvalue weighted by molar-refractivity contribution is -0.134. The molecule has 59 heavy (non-hydrogen) atoms. The second-order valence-electron chi connectivity index (χ2n) is 14.0. The van der Waals surface area contributed by atoms with Gasteiger partial charge in [-0.3, -0.25) is 14.6 Å². The maximum atomic E-state index is 13.9. The number of H-pyrrole nitrogens is 2. The lowest BCUT2D eigenvalue weighted by Crippen LogP contribution is -2.43. The number of rotatable bonds is 16. The van der Waals surface area contributed by atoms with Crippen molar-refractivity contribution >= 4 is 34.8 Å². The lowest BCUT2D eigenvalue weighted by atomic mass is 9.98. The molecule has 4 amide bonds. The van der Waals surface area contributed by atoms with E-state index in [0.29, 0.717) is 23.8 Å². The van der Waals surface area contributed by atoms with Crippen LogP contribution in [0, 0.1) is 0 Å². The quantitative estimate of drug-likeness (QED) is 0.0766. The molecule has 304 valence electrons. The SMILES string of the molecule is C=C(C)CN(Cc1ncc(-c2ccc(-c3ccc4cc(-c5cnc(CN(CCC)C(=O)CNC(=O)OC)[nH]5)ccc4c3)cc2)[nH]1)C(=O)C(NC(=O)OC)c1cccnc1. The van der Waals surface area contributed by atoms with Crippen molar-refractivity contribution in [3.63, 3.8) is 0 Å². The molecule has 6 aromatic rings. The summed E-state index contributed by atoms with van der Waals surface area (Å²) in [5, 5.41) is 7.21. The highest BCUT2D eigenvalue weighted by molar-refractivity contribution is 5.91. The Balaban J connectivity index is 1.12. The van der Waals surface area contributed by atoms with Gasteiger partial charge in [0, 0.05) is 36.6 Å². The third-order valence-electron chi connectivity index (χ3n) is 9.52. The first kappa shape index (κ1) is 41.3. The molecule has 0 aliphatic heterocycles. The van der Waals surface area contributed by atoms with Crippen molar-refractivity contribution in [2.24, 2.45) is 0 Å². The second-order valence-corrected chi connectivity index (χ2v) is 14.0. The average Bonchev–Trinajstić information content (AvgIpc) is 3.94. The summed E-state index contributed by atoms with van der Waals surface area (Å²) in [7, 11) is 2.50. The van der Waals surface area contributed by atoms with Crippen molar-refractivity contribution < 1.29 is 28.7 Å². The lowest BCUT2D eigenvalue weighted by Gasteiger charge is -2.27. The standard InChI is InChI=1S/C44H47N9O6/c1-6-18-52(40(54)24-48-43(56)58-4)26-38-47-23-37(50-38)34-16-15-32-19-31(13-14-33(32)20-34)29-9-11-30(12-10-29)36-22-46-39(49-36)27-53(25-28(2)3)42(55)41(51-44(57)59-5)35-8-7-17-45-21-35/h7-17,19-23,41H,2,6,18,24-27H2,1,3-5H3,(H,46,49)(H,47,50)(H,48,56)(H,51,57). The van der Waals surface area contributed by atoms with E-state index in [1.54, 1.807) is 40.5 Å². The molecule has 1 unspecified atom stereocenters. The largest absolute Gasteiger partial charge is 0.453 e. The third kappa shape index (κ3) is 10.6. The number of pyridine rings is 1. The maximum Gasteiger partial charge on any atom is 0.407 e. The van der Waals surface area contributed by atoms with Gasteiger partial charge < -0.3 is 39.9 Å². The minimum Gasteiger partial charge on any atom is -0.453 e. The summed E-state index contributed by atoms with van der Waals surface area (Å²) in [6, 6.07) is 23.1. The van der Waals surface area contributed by atoms with Gasteiger partial charge in [-0.2, -0.15) is 0 Å². The van der Waals surface area contributed by atoms with Crippen molar-refractivity contribution in [3.05, 3.63) is 127 Å². The summed E-state index contributed by atoms with van der Waals surface area (Å²) in [5.74, 6) is 0.631. The molecule has 0 aliphatic rings. The number of carbonyl (C=O) groups excluding carboxylic acids is 4. The molecule has 4 N–H and O–H groups in total. The molecule has 0 bridgehead atoms. The summed E-state index contributed by atoms with van der Waals surface area (Å²) in [6.45, 7) is 8.88. The molecule has 1 atom stereocenters. The Kier molecular flexibility index (Phi) is 13.5. The van der Waals surface area contributed by atoms with Crippen LogP contribution in [0.3, 0.4) is 0 Å². The maximum absolute atomic E-state index is 13.9. The molecule has 0 spiro atoms. The Labute approximate surface area is 341 Å². The average molecular weight is 798 g/mol. The highest BCUT2D eigenvalue weighted by Crippen LogP contribution is 2.30. The Morgan fingerprint density at radius 2 is 1.36 bits per heavy atom. The summed E-state index contributed by atoms with van der Waals surface area (Å²) in [6.07, 6.45) is 6.00. The first-order chi connectivity index (χ1) is 28.5. The minimum absolute atomic E-state index is 0.153. The van der Waals surface area contributed by atoms with Gasteiger partial charge in [-0.1, -0.05) is 73.7 Å². The molecule has 3 aromatic carbocycles. The fraction of sp³-hybridized carbons (Fsp3) is 0.250. The predicted molar refractivity (Wildman–Crippen MR) is 223 cm³/mol. The van der Waals surface area contributed by atoms with Crippen LogP contribution in [0.2, 0.25) is 0 Å². The van der Waals surface area contributed by atoms with Crippen LogP contribution in [-0.4, -0.2) is 92.6 Å². The number of benzene rings is 3. The monoisotopic (exact) mass is 797 g/mol. The van der Waals surface area contributed by atoms with E-state index in [1.165, 1.54) is 20.4 Å². The zero-order valence-electron chi connectivity index (χ0n) is 33.5. The zero-order valence-corrected chi connectivity index (χ0v) is 33.5. The highest BCUT2D eigenvalue weighted by atomic mass is 16.5. The number of alkyl carbamates (subject to hydrolysis) is 2. The van der Waals surface area contributed by atoms with Gasteiger partial charge in [0.15, 0.2) is 0 Å². The van der Waals surface area contributed by atoms with Crippen LogP contribution in [0.25, 0.3) is 44.4 Å². The third-order valence-corrected chi connectivity index (χ3v) is 9.52. The molecule has 15 nitrogen and oxygen atoms in total. The number of fused-ring (bicyclic) bond motifs is 1. The van der Waals surface area contributed by atoms with Gasteiger partial charge in [-0.15, -0.1) is 0 Å². The predicted octanol–water partition coefficient (Wildman–Crippen LogP) is 6.78. The Hall–Kier alpha value is -7.29. The first-order valence-electron chi connectivity index (χ1n) is 19.0. The van der Waals surface area contributed by atoms with Crippen molar-refractivity contribution in [1.82, 2.24) is 45.4 Å². The normalized spacial score (nSPS) is 11.4. The molecule has 0 saturated carbocycles. The van der Waals surface area contributed by atoms with E-state index in [0.717, 1.165) is 56.4 Å². The van der Waals surface area contributed by atoms with E-state index in [-0.39, 0.29) is 38.0 Å². The van der Waals surface area contributed by atoms with Crippen molar-refractivity contribution in [2.45, 2.75) is 39.4 Å². The van der Waals surface area contributed by atoms with Gasteiger partial charge in [0.05, 0.1) is 51.1 Å². The van der Waals surface area contributed by atoms with Gasteiger partial charge in [0.1, 0.15) is 24.2 Å². The molecule has 3 heterocycles. The number of aromatic amines is 2. The van der Waals surface area contributed by atoms with Crippen LogP contribution < -0.4 is 10.6 Å². The molecular weight excluding hydrogens is 751 g/mol. The molecule has 0 aliphatic carbocycles. The minimum atomic E-state index is -1.02. The summed E-state index contributed by atoms with van der Waals surface area (Å²) >= 11 is 0. The van der Waals surface area contributed by atoms with E-state index in [4.69, 9.17) is 4.74 Å².